The minimum absolute atomic E-state index is 0.266. The molecule has 4 N–H and O–H groups in total. The number of anilines is 2. The molecule has 1 aliphatic carbocycles. The number of nitrogens with zero attached hydrogens (tertiary/aromatic N) is 1. The Morgan fingerprint density at radius 1 is 1.45 bits per heavy atom. The van der Waals surface area contributed by atoms with Gasteiger partial charge in [0.15, 0.2) is 0 Å². The van der Waals surface area contributed by atoms with Crippen LogP contribution in [0.15, 0.2) is 18.2 Å². The zero-order valence-corrected chi connectivity index (χ0v) is 11.9. The van der Waals surface area contributed by atoms with Crippen LogP contribution in [0.4, 0.5) is 11.4 Å². The molecule has 0 spiro atoms. The normalized spacial score (nSPS) is 15.7. The Bertz CT molecular complexity index is 470. The van der Waals surface area contributed by atoms with Gasteiger partial charge in [-0.05, 0) is 38.1 Å². The summed E-state index contributed by atoms with van der Waals surface area (Å²) in [5.41, 5.74) is 7.15. The second kappa shape index (κ2) is 6.61. The van der Waals surface area contributed by atoms with Crippen molar-refractivity contribution in [2.75, 3.05) is 31.2 Å². The molecule has 0 bridgehead atoms. The summed E-state index contributed by atoms with van der Waals surface area (Å²) >= 11 is 0. The number of carboxylic acid groups (broad SMARTS) is 1. The highest BCUT2D eigenvalue weighted by molar-refractivity contribution is 5.95. The lowest BCUT2D eigenvalue weighted by Gasteiger charge is -2.24. The minimum atomic E-state index is -0.934. The van der Waals surface area contributed by atoms with Crippen molar-refractivity contribution in [3.8, 4) is 0 Å². The van der Waals surface area contributed by atoms with E-state index in [-0.39, 0.29) is 5.56 Å². The summed E-state index contributed by atoms with van der Waals surface area (Å²) in [6.45, 7) is 1.62. The maximum Gasteiger partial charge on any atom is 0.337 e. The molecule has 1 saturated carbocycles. The van der Waals surface area contributed by atoms with E-state index in [1.807, 2.05) is 0 Å². The summed E-state index contributed by atoms with van der Waals surface area (Å²) in [6, 6.07) is 5.51. The third kappa shape index (κ3) is 3.63. The maximum atomic E-state index is 11.1. The van der Waals surface area contributed by atoms with E-state index < -0.39 is 5.97 Å². The van der Waals surface area contributed by atoms with Gasteiger partial charge in [0.2, 0.25) is 0 Å². The van der Waals surface area contributed by atoms with Crippen LogP contribution in [0.2, 0.25) is 0 Å². The van der Waals surface area contributed by atoms with Crippen LogP contribution >= 0.6 is 0 Å². The number of nitrogens with two attached hydrogens (primary N) is 1. The van der Waals surface area contributed by atoms with E-state index in [1.54, 1.807) is 18.2 Å². The number of benzene rings is 1. The van der Waals surface area contributed by atoms with Crippen LogP contribution in [0.5, 0.6) is 0 Å². The van der Waals surface area contributed by atoms with Gasteiger partial charge in [0.05, 0.1) is 11.3 Å². The van der Waals surface area contributed by atoms with Gasteiger partial charge in [-0.3, -0.25) is 0 Å². The number of rotatable bonds is 6. The summed E-state index contributed by atoms with van der Waals surface area (Å²) in [5.74, 6) is -0.934. The summed E-state index contributed by atoms with van der Waals surface area (Å²) in [5, 5.41) is 12.3. The van der Waals surface area contributed by atoms with E-state index in [0.717, 1.165) is 13.1 Å². The summed E-state index contributed by atoms with van der Waals surface area (Å²) in [6.07, 6.45) is 5.19. The number of hydrogen-bond acceptors (Lipinski definition) is 4. The molecule has 2 rings (SSSR count). The Morgan fingerprint density at radius 2 is 2.15 bits per heavy atom. The Kier molecular flexibility index (Phi) is 4.84. The van der Waals surface area contributed by atoms with Crippen LogP contribution in [0.1, 0.15) is 36.0 Å². The van der Waals surface area contributed by atoms with Crippen molar-refractivity contribution in [2.45, 2.75) is 31.7 Å². The van der Waals surface area contributed by atoms with Crippen LogP contribution in [0.25, 0.3) is 0 Å². The zero-order valence-electron chi connectivity index (χ0n) is 11.9. The maximum absolute atomic E-state index is 11.1. The third-order valence-electron chi connectivity index (χ3n) is 4.00. The Balaban J connectivity index is 1.90. The van der Waals surface area contributed by atoms with Crippen LogP contribution in [-0.4, -0.2) is 42.2 Å². The number of carbonyl (C=O) groups is 1. The van der Waals surface area contributed by atoms with Gasteiger partial charge in [-0.15, -0.1) is 0 Å². The van der Waals surface area contributed by atoms with Gasteiger partial charge in [0.1, 0.15) is 0 Å². The predicted octanol–water partition coefficient (Wildman–Crippen LogP) is 2.25. The van der Waals surface area contributed by atoms with Crippen LogP contribution in [0.3, 0.4) is 0 Å². The number of nitrogen functional groups attached to an aromatic ring is 1. The molecule has 0 radical (unpaired) electrons. The molecular weight excluding hydrogens is 254 g/mol. The van der Waals surface area contributed by atoms with Crippen LogP contribution in [-0.2, 0) is 0 Å². The molecule has 110 valence electrons. The molecular formula is C15H23N3O2. The lowest BCUT2D eigenvalue weighted by molar-refractivity contribution is 0.0698. The first-order valence-electron chi connectivity index (χ1n) is 7.15. The molecule has 0 unspecified atom stereocenters. The van der Waals surface area contributed by atoms with Crippen molar-refractivity contribution < 1.29 is 9.90 Å². The van der Waals surface area contributed by atoms with E-state index >= 15 is 0 Å². The molecule has 0 aliphatic heterocycles. The number of hydrogen-bond donors (Lipinski definition) is 3. The second-order valence-corrected chi connectivity index (χ2v) is 5.46. The molecule has 0 aromatic heterocycles. The van der Waals surface area contributed by atoms with Gasteiger partial charge in [-0.2, -0.15) is 0 Å². The fraction of sp³-hybridized carbons (Fsp3) is 0.533. The highest BCUT2D eigenvalue weighted by Gasteiger charge is 2.19. The van der Waals surface area contributed by atoms with Crippen molar-refractivity contribution in [1.82, 2.24) is 4.90 Å². The standard InChI is InChI=1S/C15H23N3O2/c1-18(12-4-2-3-5-12)9-8-17-14-10-11(16)6-7-13(14)15(19)20/h6-7,10,12,17H,2-5,8-9,16H2,1H3,(H,19,20). The molecule has 1 aromatic rings. The van der Waals surface area contributed by atoms with Gasteiger partial charge < -0.3 is 21.1 Å². The Labute approximate surface area is 119 Å². The van der Waals surface area contributed by atoms with Crippen molar-refractivity contribution in [3.05, 3.63) is 23.8 Å². The quantitative estimate of drug-likeness (QED) is 0.695. The van der Waals surface area contributed by atoms with Crippen molar-refractivity contribution in [1.29, 1.82) is 0 Å². The zero-order chi connectivity index (χ0) is 14.5. The van der Waals surface area contributed by atoms with E-state index in [1.165, 1.54) is 25.7 Å². The molecule has 0 heterocycles. The molecule has 5 heteroatoms. The molecule has 5 nitrogen and oxygen atoms in total. The molecule has 1 aliphatic rings. The van der Waals surface area contributed by atoms with Crippen LogP contribution < -0.4 is 11.1 Å². The molecule has 0 saturated heterocycles. The molecule has 20 heavy (non-hydrogen) atoms. The SMILES string of the molecule is CN(CCNc1cc(N)ccc1C(=O)O)C1CCCC1. The molecule has 1 fully saturated rings. The largest absolute Gasteiger partial charge is 0.478 e. The van der Waals surface area contributed by atoms with Gasteiger partial charge >= 0.3 is 5.97 Å². The molecule has 1 aromatic carbocycles. The van der Waals surface area contributed by atoms with Crippen LogP contribution in [0, 0.1) is 0 Å². The minimum Gasteiger partial charge on any atom is -0.478 e. The third-order valence-corrected chi connectivity index (χ3v) is 4.00. The number of nitrogens with one attached hydrogen (secondary N) is 1. The topological polar surface area (TPSA) is 78.6 Å². The fourth-order valence-electron chi connectivity index (χ4n) is 2.79. The number of aromatic carboxylic acids is 1. The summed E-state index contributed by atoms with van der Waals surface area (Å²) in [7, 11) is 2.13. The first-order valence-corrected chi connectivity index (χ1v) is 7.15. The summed E-state index contributed by atoms with van der Waals surface area (Å²) in [4.78, 5) is 13.5. The summed E-state index contributed by atoms with van der Waals surface area (Å²) < 4.78 is 0. The first kappa shape index (κ1) is 14.7. The highest BCUT2D eigenvalue weighted by atomic mass is 16.4. The van der Waals surface area contributed by atoms with E-state index in [2.05, 4.69) is 17.3 Å². The van der Waals surface area contributed by atoms with Crippen molar-refractivity contribution in [3.63, 3.8) is 0 Å². The lowest BCUT2D eigenvalue weighted by atomic mass is 10.1. The van der Waals surface area contributed by atoms with Gasteiger partial charge in [0.25, 0.3) is 0 Å². The van der Waals surface area contributed by atoms with E-state index in [0.29, 0.717) is 17.4 Å². The lowest BCUT2D eigenvalue weighted by Crippen LogP contribution is -2.33. The smallest absolute Gasteiger partial charge is 0.337 e. The van der Waals surface area contributed by atoms with E-state index in [4.69, 9.17) is 10.8 Å². The van der Waals surface area contributed by atoms with Gasteiger partial charge in [-0.1, -0.05) is 12.8 Å². The van der Waals surface area contributed by atoms with Gasteiger partial charge in [0, 0.05) is 24.8 Å². The van der Waals surface area contributed by atoms with Gasteiger partial charge in [-0.25, -0.2) is 4.79 Å². The van der Waals surface area contributed by atoms with Crippen molar-refractivity contribution >= 4 is 17.3 Å². The first-order chi connectivity index (χ1) is 9.58. The fourth-order valence-corrected chi connectivity index (χ4v) is 2.79. The predicted molar refractivity (Wildman–Crippen MR) is 81.2 cm³/mol. The van der Waals surface area contributed by atoms with E-state index in [9.17, 15) is 4.79 Å². The monoisotopic (exact) mass is 277 g/mol. The molecule has 0 atom stereocenters. The van der Waals surface area contributed by atoms with Crippen molar-refractivity contribution in [2.24, 2.45) is 0 Å². The average Bonchev–Trinajstić information content (AvgIpc) is 2.92. The highest BCUT2D eigenvalue weighted by Crippen LogP contribution is 2.22. The average molecular weight is 277 g/mol. The second-order valence-electron chi connectivity index (χ2n) is 5.46. The Hall–Kier alpha value is -1.75. The molecule has 0 amide bonds. The Morgan fingerprint density at radius 3 is 2.80 bits per heavy atom. The number of carboxylic acids is 1. The number of likely N-dealkylation sites (N-methyl/N-ethyl adjacent to an activating group) is 1.